The lowest BCUT2D eigenvalue weighted by Gasteiger charge is -2.38. The molecule has 0 unspecified atom stereocenters. The molecular weight excluding hydrogens is 226 g/mol. The molecule has 5 heteroatoms. The smallest absolute Gasteiger partial charge is 0.271 e. The molecule has 2 rings (SSSR count). The van der Waals surface area contributed by atoms with Crippen LogP contribution in [0.25, 0.3) is 0 Å². The van der Waals surface area contributed by atoms with E-state index >= 15 is 0 Å². The van der Waals surface area contributed by atoms with Crippen molar-refractivity contribution in [1.82, 2.24) is 15.3 Å². The van der Waals surface area contributed by atoms with Crippen LogP contribution in [0.1, 0.15) is 36.7 Å². The standard InChI is InChI=1S/C11H14ClN3O/c1-11(3-2-4-11)7-14-10(16)8-5-13-6-9(12)15-8/h5-6H,2-4,7H2,1H3,(H,14,16). The molecular formula is C11H14ClN3O. The van der Waals surface area contributed by atoms with Crippen LogP contribution in [0.3, 0.4) is 0 Å². The van der Waals surface area contributed by atoms with Crippen LogP contribution in [0, 0.1) is 5.41 Å². The number of halogens is 1. The second kappa shape index (κ2) is 4.37. The average Bonchev–Trinajstić information content (AvgIpc) is 2.23. The quantitative estimate of drug-likeness (QED) is 0.878. The molecule has 0 radical (unpaired) electrons. The molecule has 1 aliphatic rings. The average molecular weight is 240 g/mol. The number of nitrogens with one attached hydrogen (secondary N) is 1. The van der Waals surface area contributed by atoms with Crippen LogP contribution in [-0.2, 0) is 0 Å². The molecule has 0 aromatic carbocycles. The zero-order valence-electron chi connectivity index (χ0n) is 9.16. The summed E-state index contributed by atoms with van der Waals surface area (Å²) >= 11 is 5.66. The maximum Gasteiger partial charge on any atom is 0.271 e. The van der Waals surface area contributed by atoms with Crippen molar-refractivity contribution in [2.24, 2.45) is 5.41 Å². The van der Waals surface area contributed by atoms with E-state index in [1.807, 2.05) is 0 Å². The summed E-state index contributed by atoms with van der Waals surface area (Å²) in [6, 6.07) is 0. The summed E-state index contributed by atoms with van der Waals surface area (Å²) in [5.41, 5.74) is 0.539. The van der Waals surface area contributed by atoms with E-state index in [0.29, 0.717) is 6.54 Å². The van der Waals surface area contributed by atoms with E-state index in [2.05, 4.69) is 22.2 Å². The van der Waals surface area contributed by atoms with Crippen molar-refractivity contribution in [2.75, 3.05) is 6.54 Å². The molecule has 1 saturated carbocycles. The lowest BCUT2D eigenvalue weighted by atomic mass is 9.70. The van der Waals surface area contributed by atoms with Gasteiger partial charge in [0.25, 0.3) is 5.91 Å². The third-order valence-corrected chi connectivity index (χ3v) is 3.26. The molecule has 1 aliphatic carbocycles. The Kier molecular flexibility index (Phi) is 3.10. The number of nitrogens with zero attached hydrogens (tertiary/aromatic N) is 2. The molecule has 86 valence electrons. The minimum atomic E-state index is -0.205. The molecule has 1 aromatic heterocycles. The van der Waals surface area contributed by atoms with Crippen LogP contribution in [0.2, 0.25) is 5.15 Å². The second-order valence-corrected chi connectivity index (χ2v) is 4.96. The molecule has 0 aliphatic heterocycles. The largest absolute Gasteiger partial charge is 0.350 e. The number of amides is 1. The van der Waals surface area contributed by atoms with Gasteiger partial charge in [-0.2, -0.15) is 0 Å². The Morgan fingerprint density at radius 3 is 2.88 bits per heavy atom. The normalized spacial score (nSPS) is 17.6. The van der Waals surface area contributed by atoms with E-state index in [-0.39, 0.29) is 22.2 Å². The van der Waals surface area contributed by atoms with Gasteiger partial charge in [-0.25, -0.2) is 4.98 Å². The summed E-state index contributed by atoms with van der Waals surface area (Å²) in [6.07, 6.45) is 6.43. The number of aromatic nitrogens is 2. The Labute approximate surface area is 99.4 Å². The molecule has 4 nitrogen and oxygen atoms in total. The van der Waals surface area contributed by atoms with Gasteiger partial charge in [0.1, 0.15) is 10.8 Å². The van der Waals surface area contributed by atoms with E-state index in [9.17, 15) is 4.79 Å². The zero-order valence-corrected chi connectivity index (χ0v) is 9.92. The third kappa shape index (κ3) is 2.50. The molecule has 1 N–H and O–H groups in total. The highest BCUT2D eigenvalue weighted by Crippen LogP contribution is 2.39. The van der Waals surface area contributed by atoms with Gasteiger partial charge in [0, 0.05) is 6.54 Å². The van der Waals surface area contributed by atoms with Crippen LogP contribution < -0.4 is 5.32 Å². The second-order valence-electron chi connectivity index (χ2n) is 4.57. The van der Waals surface area contributed by atoms with Crippen molar-refractivity contribution in [3.05, 3.63) is 23.2 Å². The van der Waals surface area contributed by atoms with Gasteiger partial charge < -0.3 is 5.32 Å². The van der Waals surface area contributed by atoms with E-state index < -0.39 is 0 Å². The zero-order chi connectivity index (χ0) is 11.6. The fraction of sp³-hybridized carbons (Fsp3) is 0.545. The summed E-state index contributed by atoms with van der Waals surface area (Å²) in [6.45, 7) is 2.88. The maximum absolute atomic E-state index is 11.7. The van der Waals surface area contributed by atoms with Gasteiger partial charge >= 0.3 is 0 Å². The molecule has 1 heterocycles. The Hall–Kier alpha value is -1.16. The Bertz CT molecular complexity index is 404. The van der Waals surface area contributed by atoms with Crippen molar-refractivity contribution < 1.29 is 4.79 Å². The van der Waals surface area contributed by atoms with Crippen molar-refractivity contribution in [3.8, 4) is 0 Å². The first-order valence-corrected chi connectivity index (χ1v) is 5.73. The van der Waals surface area contributed by atoms with E-state index in [0.717, 1.165) is 0 Å². The molecule has 1 amide bonds. The lowest BCUT2D eigenvalue weighted by Crippen LogP contribution is -2.40. The molecule has 0 spiro atoms. The van der Waals surface area contributed by atoms with Crippen LogP contribution in [0.4, 0.5) is 0 Å². The number of hydrogen-bond donors (Lipinski definition) is 1. The van der Waals surface area contributed by atoms with Gasteiger partial charge in [-0.05, 0) is 18.3 Å². The van der Waals surface area contributed by atoms with Crippen LogP contribution in [0.5, 0.6) is 0 Å². The fourth-order valence-electron chi connectivity index (χ4n) is 1.79. The van der Waals surface area contributed by atoms with Gasteiger partial charge in [-0.1, -0.05) is 24.9 Å². The first-order chi connectivity index (χ1) is 7.59. The molecule has 0 saturated heterocycles. The van der Waals surface area contributed by atoms with Crippen LogP contribution >= 0.6 is 11.6 Å². The Morgan fingerprint density at radius 2 is 2.31 bits per heavy atom. The summed E-state index contributed by atoms with van der Waals surface area (Å²) in [5, 5.41) is 3.11. The Balaban J connectivity index is 1.93. The number of carbonyl (C=O) groups is 1. The van der Waals surface area contributed by atoms with E-state index in [4.69, 9.17) is 11.6 Å². The fourth-order valence-corrected chi connectivity index (χ4v) is 1.94. The van der Waals surface area contributed by atoms with E-state index in [1.165, 1.54) is 31.7 Å². The predicted molar refractivity (Wildman–Crippen MR) is 61.3 cm³/mol. The minimum Gasteiger partial charge on any atom is -0.350 e. The summed E-state index contributed by atoms with van der Waals surface area (Å²) in [5.74, 6) is -0.205. The van der Waals surface area contributed by atoms with E-state index in [1.54, 1.807) is 0 Å². The van der Waals surface area contributed by atoms with Crippen molar-refractivity contribution in [2.45, 2.75) is 26.2 Å². The summed E-state index contributed by atoms with van der Waals surface area (Å²) < 4.78 is 0. The molecule has 16 heavy (non-hydrogen) atoms. The lowest BCUT2D eigenvalue weighted by molar-refractivity contribution is 0.0885. The van der Waals surface area contributed by atoms with Gasteiger partial charge in [-0.15, -0.1) is 0 Å². The molecule has 0 atom stereocenters. The maximum atomic E-state index is 11.7. The highest BCUT2D eigenvalue weighted by Gasteiger charge is 2.32. The number of carbonyl (C=O) groups excluding carboxylic acids is 1. The highest BCUT2D eigenvalue weighted by atomic mass is 35.5. The van der Waals surface area contributed by atoms with Crippen molar-refractivity contribution in [1.29, 1.82) is 0 Å². The first kappa shape index (κ1) is 11.3. The molecule has 1 aromatic rings. The van der Waals surface area contributed by atoms with Crippen molar-refractivity contribution in [3.63, 3.8) is 0 Å². The minimum absolute atomic E-state index is 0.205. The SMILES string of the molecule is CC1(CNC(=O)c2cncc(Cl)n2)CCC1. The highest BCUT2D eigenvalue weighted by molar-refractivity contribution is 6.29. The van der Waals surface area contributed by atoms with Crippen molar-refractivity contribution >= 4 is 17.5 Å². The number of rotatable bonds is 3. The van der Waals surface area contributed by atoms with Gasteiger partial charge in [-0.3, -0.25) is 9.78 Å². The molecule has 0 bridgehead atoms. The summed E-state index contributed by atoms with van der Waals surface area (Å²) in [4.78, 5) is 19.4. The number of hydrogen-bond acceptors (Lipinski definition) is 3. The van der Waals surface area contributed by atoms with Crippen LogP contribution in [0.15, 0.2) is 12.4 Å². The molecule has 1 fully saturated rings. The van der Waals surface area contributed by atoms with Crippen LogP contribution in [-0.4, -0.2) is 22.4 Å². The monoisotopic (exact) mass is 239 g/mol. The van der Waals surface area contributed by atoms with Gasteiger partial charge in [0.2, 0.25) is 0 Å². The van der Waals surface area contributed by atoms with Gasteiger partial charge in [0.05, 0.1) is 12.4 Å². The topological polar surface area (TPSA) is 54.9 Å². The Morgan fingerprint density at radius 1 is 1.56 bits per heavy atom. The summed E-state index contributed by atoms with van der Waals surface area (Å²) in [7, 11) is 0. The van der Waals surface area contributed by atoms with Gasteiger partial charge in [0.15, 0.2) is 0 Å². The third-order valence-electron chi connectivity index (χ3n) is 3.07. The predicted octanol–water partition coefficient (Wildman–Crippen LogP) is 2.05. The first-order valence-electron chi connectivity index (χ1n) is 5.35.